The third kappa shape index (κ3) is 1.50. The lowest BCUT2D eigenvalue weighted by Crippen LogP contribution is -2.45. The van der Waals surface area contributed by atoms with Crippen molar-refractivity contribution in [1.29, 1.82) is 0 Å². The van der Waals surface area contributed by atoms with Gasteiger partial charge in [0.15, 0.2) is 0 Å². The van der Waals surface area contributed by atoms with Crippen molar-refractivity contribution in [3.05, 3.63) is 0 Å². The molecule has 3 aliphatic rings. The second-order valence-electron chi connectivity index (χ2n) is 5.10. The number of nitrogens with zero attached hydrogens (tertiary/aromatic N) is 1. The zero-order chi connectivity index (χ0) is 8.67. The SMILES string of the molecule is C1CCC(CN2C[C@@H]3C[C@H]2CN3)C1. The van der Waals surface area contributed by atoms with Crippen molar-refractivity contribution in [1.82, 2.24) is 10.2 Å². The van der Waals surface area contributed by atoms with Crippen LogP contribution in [0.3, 0.4) is 0 Å². The van der Waals surface area contributed by atoms with Gasteiger partial charge in [-0.3, -0.25) is 4.90 Å². The summed E-state index contributed by atoms with van der Waals surface area (Å²) in [4.78, 5) is 2.75. The molecule has 2 aliphatic heterocycles. The van der Waals surface area contributed by atoms with Gasteiger partial charge in [-0.25, -0.2) is 0 Å². The number of piperazine rings is 1. The summed E-state index contributed by atoms with van der Waals surface area (Å²) in [6.07, 6.45) is 7.41. The van der Waals surface area contributed by atoms with E-state index < -0.39 is 0 Å². The van der Waals surface area contributed by atoms with Gasteiger partial charge in [0, 0.05) is 31.7 Å². The minimum Gasteiger partial charge on any atom is -0.311 e. The van der Waals surface area contributed by atoms with Crippen molar-refractivity contribution >= 4 is 0 Å². The van der Waals surface area contributed by atoms with Crippen molar-refractivity contribution in [2.45, 2.75) is 44.2 Å². The first-order chi connectivity index (χ1) is 6.42. The highest BCUT2D eigenvalue weighted by Crippen LogP contribution is 2.30. The fourth-order valence-corrected chi connectivity index (χ4v) is 3.40. The van der Waals surface area contributed by atoms with Gasteiger partial charge in [-0.15, -0.1) is 0 Å². The average Bonchev–Trinajstić information content (AvgIpc) is 2.77. The van der Waals surface area contributed by atoms with E-state index in [0.29, 0.717) is 0 Å². The molecule has 0 aromatic heterocycles. The maximum atomic E-state index is 3.57. The molecule has 0 radical (unpaired) electrons. The Hall–Kier alpha value is -0.0800. The molecule has 0 unspecified atom stereocenters. The van der Waals surface area contributed by atoms with Gasteiger partial charge < -0.3 is 5.32 Å². The molecule has 0 spiro atoms. The first-order valence-electron chi connectivity index (χ1n) is 5.89. The summed E-state index contributed by atoms with van der Waals surface area (Å²) < 4.78 is 0. The molecule has 0 aromatic rings. The second-order valence-corrected chi connectivity index (χ2v) is 5.10. The van der Waals surface area contributed by atoms with Crippen LogP contribution in [-0.2, 0) is 0 Å². The van der Waals surface area contributed by atoms with Crippen LogP contribution in [0.15, 0.2) is 0 Å². The van der Waals surface area contributed by atoms with E-state index in [-0.39, 0.29) is 0 Å². The van der Waals surface area contributed by atoms with Crippen LogP contribution in [0.4, 0.5) is 0 Å². The first-order valence-corrected chi connectivity index (χ1v) is 5.89. The van der Waals surface area contributed by atoms with Gasteiger partial charge >= 0.3 is 0 Å². The van der Waals surface area contributed by atoms with Gasteiger partial charge in [-0.05, 0) is 25.2 Å². The summed E-state index contributed by atoms with van der Waals surface area (Å²) in [5.74, 6) is 1.04. The largest absolute Gasteiger partial charge is 0.311 e. The number of rotatable bonds is 2. The molecular weight excluding hydrogens is 160 g/mol. The van der Waals surface area contributed by atoms with E-state index in [9.17, 15) is 0 Å². The number of hydrogen-bond acceptors (Lipinski definition) is 2. The van der Waals surface area contributed by atoms with Crippen LogP contribution in [0.5, 0.6) is 0 Å². The van der Waals surface area contributed by atoms with Gasteiger partial charge in [0.25, 0.3) is 0 Å². The van der Waals surface area contributed by atoms with Gasteiger partial charge in [-0.1, -0.05) is 12.8 Å². The lowest BCUT2D eigenvalue weighted by molar-refractivity contribution is 0.193. The Balaban J connectivity index is 1.55. The molecule has 2 bridgehead atoms. The first kappa shape index (κ1) is 8.25. The standard InChI is InChI=1S/C11H20N2/c1-2-4-9(3-1)7-13-8-10-5-11(13)6-12-10/h9-12H,1-8H2/t10-,11-/m0/s1. The Labute approximate surface area is 80.7 Å². The molecule has 1 N–H and O–H groups in total. The quantitative estimate of drug-likeness (QED) is 0.687. The van der Waals surface area contributed by atoms with Crippen LogP contribution in [0.2, 0.25) is 0 Å². The highest BCUT2D eigenvalue weighted by molar-refractivity contribution is 4.97. The molecule has 1 aliphatic carbocycles. The number of hydrogen-bond donors (Lipinski definition) is 1. The Bertz CT molecular complexity index is 187. The highest BCUT2D eigenvalue weighted by atomic mass is 15.3. The van der Waals surface area contributed by atoms with Crippen molar-refractivity contribution in [3.63, 3.8) is 0 Å². The van der Waals surface area contributed by atoms with Gasteiger partial charge in [0.1, 0.15) is 0 Å². The van der Waals surface area contributed by atoms with E-state index in [0.717, 1.165) is 18.0 Å². The number of fused-ring (bicyclic) bond motifs is 2. The summed E-state index contributed by atoms with van der Waals surface area (Å²) in [5.41, 5.74) is 0. The van der Waals surface area contributed by atoms with Crippen LogP contribution >= 0.6 is 0 Å². The molecule has 13 heavy (non-hydrogen) atoms. The highest BCUT2D eigenvalue weighted by Gasteiger charge is 2.38. The van der Waals surface area contributed by atoms with Crippen molar-refractivity contribution in [2.75, 3.05) is 19.6 Å². The minimum absolute atomic E-state index is 0.839. The zero-order valence-electron chi connectivity index (χ0n) is 8.34. The Morgan fingerprint density at radius 3 is 2.69 bits per heavy atom. The Morgan fingerprint density at radius 1 is 1.23 bits per heavy atom. The Morgan fingerprint density at radius 2 is 2.08 bits per heavy atom. The van der Waals surface area contributed by atoms with Crippen LogP contribution in [0.1, 0.15) is 32.1 Å². The smallest absolute Gasteiger partial charge is 0.0236 e. The molecule has 2 atom stereocenters. The third-order valence-electron chi connectivity index (χ3n) is 4.14. The maximum absolute atomic E-state index is 3.57. The molecule has 2 nitrogen and oxygen atoms in total. The Kier molecular flexibility index (Phi) is 2.06. The fourth-order valence-electron chi connectivity index (χ4n) is 3.40. The van der Waals surface area contributed by atoms with Gasteiger partial charge in [0.2, 0.25) is 0 Å². The monoisotopic (exact) mass is 180 g/mol. The predicted octanol–water partition coefficient (Wildman–Crippen LogP) is 1.22. The van der Waals surface area contributed by atoms with E-state index in [1.165, 1.54) is 51.7 Å². The summed E-state index contributed by atoms with van der Waals surface area (Å²) >= 11 is 0. The van der Waals surface area contributed by atoms with E-state index in [2.05, 4.69) is 10.2 Å². The van der Waals surface area contributed by atoms with Crippen LogP contribution < -0.4 is 5.32 Å². The second kappa shape index (κ2) is 3.25. The average molecular weight is 180 g/mol. The van der Waals surface area contributed by atoms with Crippen molar-refractivity contribution in [2.24, 2.45) is 5.92 Å². The van der Waals surface area contributed by atoms with E-state index in [1.54, 1.807) is 0 Å². The fraction of sp³-hybridized carbons (Fsp3) is 1.00. The van der Waals surface area contributed by atoms with E-state index in [4.69, 9.17) is 0 Å². The summed E-state index contributed by atoms with van der Waals surface area (Å²) in [7, 11) is 0. The zero-order valence-corrected chi connectivity index (χ0v) is 8.34. The topological polar surface area (TPSA) is 15.3 Å². The van der Waals surface area contributed by atoms with E-state index in [1.807, 2.05) is 0 Å². The third-order valence-corrected chi connectivity index (χ3v) is 4.14. The van der Waals surface area contributed by atoms with Crippen LogP contribution in [0.25, 0.3) is 0 Å². The minimum atomic E-state index is 0.839. The maximum Gasteiger partial charge on any atom is 0.0236 e. The number of nitrogens with one attached hydrogen (secondary N) is 1. The number of likely N-dealkylation sites (tertiary alicyclic amines) is 1. The van der Waals surface area contributed by atoms with Crippen molar-refractivity contribution in [3.8, 4) is 0 Å². The summed E-state index contributed by atoms with van der Waals surface area (Å²) in [6.45, 7) is 4.00. The summed E-state index contributed by atoms with van der Waals surface area (Å²) in [5, 5.41) is 3.57. The van der Waals surface area contributed by atoms with Crippen LogP contribution in [-0.4, -0.2) is 36.6 Å². The molecular formula is C11H20N2. The lowest BCUT2D eigenvalue weighted by Gasteiger charge is -2.29. The van der Waals surface area contributed by atoms with Gasteiger partial charge in [-0.2, -0.15) is 0 Å². The molecule has 0 amide bonds. The lowest BCUT2D eigenvalue weighted by atomic mass is 10.1. The van der Waals surface area contributed by atoms with Crippen LogP contribution in [0, 0.1) is 5.92 Å². The molecule has 2 heteroatoms. The molecule has 3 fully saturated rings. The molecule has 74 valence electrons. The molecule has 2 saturated heterocycles. The molecule has 0 aromatic carbocycles. The predicted molar refractivity (Wildman–Crippen MR) is 53.7 cm³/mol. The van der Waals surface area contributed by atoms with E-state index >= 15 is 0 Å². The van der Waals surface area contributed by atoms with Gasteiger partial charge in [0.05, 0.1) is 0 Å². The summed E-state index contributed by atoms with van der Waals surface area (Å²) in [6, 6.07) is 1.73. The molecule has 3 rings (SSSR count). The van der Waals surface area contributed by atoms with Crippen molar-refractivity contribution < 1.29 is 0 Å². The normalized spacial score (nSPS) is 40.6. The molecule has 2 heterocycles. The molecule has 1 saturated carbocycles.